The highest BCUT2D eigenvalue weighted by Crippen LogP contribution is 2.34. The van der Waals surface area contributed by atoms with Crippen molar-refractivity contribution in [1.82, 2.24) is 14.7 Å². The van der Waals surface area contributed by atoms with Crippen molar-refractivity contribution in [2.45, 2.75) is 38.6 Å². The van der Waals surface area contributed by atoms with Crippen molar-refractivity contribution in [3.8, 4) is 0 Å². The summed E-state index contributed by atoms with van der Waals surface area (Å²) in [5.74, 6) is 1.67. The zero-order chi connectivity index (χ0) is 15.2. The summed E-state index contributed by atoms with van der Waals surface area (Å²) in [5.41, 5.74) is 6.05. The van der Waals surface area contributed by atoms with Gasteiger partial charge in [0.05, 0.1) is 0 Å². The normalized spacial score (nSPS) is 32.7. The molecule has 2 fully saturated rings. The van der Waals surface area contributed by atoms with Gasteiger partial charge >= 0.3 is 0 Å². The molecule has 1 heterocycles. The molecule has 0 bridgehead atoms. The van der Waals surface area contributed by atoms with E-state index in [1.807, 2.05) is 0 Å². The number of rotatable bonds is 6. The first-order valence-corrected chi connectivity index (χ1v) is 8.95. The Bertz CT molecular complexity index is 287. The van der Waals surface area contributed by atoms with Crippen LogP contribution in [0.15, 0.2) is 0 Å². The van der Waals surface area contributed by atoms with Crippen LogP contribution in [0, 0.1) is 11.8 Å². The predicted octanol–water partition coefficient (Wildman–Crippen LogP) is 1.32. The third kappa shape index (κ3) is 4.92. The first kappa shape index (κ1) is 17.2. The lowest BCUT2D eigenvalue weighted by Crippen LogP contribution is -2.55. The quantitative estimate of drug-likeness (QED) is 0.802. The van der Waals surface area contributed by atoms with Crippen LogP contribution in [0.5, 0.6) is 0 Å². The van der Waals surface area contributed by atoms with E-state index in [9.17, 15) is 0 Å². The molecule has 1 saturated heterocycles. The van der Waals surface area contributed by atoms with Crippen LogP contribution < -0.4 is 5.73 Å². The summed E-state index contributed by atoms with van der Waals surface area (Å²) in [6.07, 6.45) is 5.48. The Labute approximate surface area is 131 Å². The van der Waals surface area contributed by atoms with Crippen LogP contribution in [-0.2, 0) is 0 Å². The second-order valence-corrected chi connectivity index (χ2v) is 7.33. The molecule has 124 valence electrons. The number of hydrogen-bond acceptors (Lipinski definition) is 4. The van der Waals surface area contributed by atoms with Crippen molar-refractivity contribution >= 4 is 0 Å². The zero-order valence-corrected chi connectivity index (χ0v) is 14.4. The molecular weight excluding hydrogens is 260 g/mol. The van der Waals surface area contributed by atoms with Crippen molar-refractivity contribution in [2.24, 2.45) is 17.6 Å². The van der Waals surface area contributed by atoms with E-state index in [4.69, 9.17) is 5.73 Å². The van der Waals surface area contributed by atoms with E-state index >= 15 is 0 Å². The van der Waals surface area contributed by atoms with E-state index in [1.165, 1.54) is 65.0 Å². The van der Waals surface area contributed by atoms with Gasteiger partial charge in [-0.05, 0) is 45.3 Å². The number of piperazine rings is 1. The van der Waals surface area contributed by atoms with E-state index < -0.39 is 0 Å². The van der Waals surface area contributed by atoms with Crippen LogP contribution in [0.2, 0.25) is 0 Å². The lowest BCUT2D eigenvalue weighted by molar-refractivity contribution is 0.0352. The van der Waals surface area contributed by atoms with Crippen molar-refractivity contribution in [3.05, 3.63) is 0 Å². The molecule has 0 amide bonds. The Hall–Kier alpha value is -0.160. The molecule has 2 N–H and O–H groups in total. The van der Waals surface area contributed by atoms with Crippen LogP contribution in [-0.4, -0.2) is 80.7 Å². The molecule has 4 nitrogen and oxygen atoms in total. The summed E-state index contributed by atoms with van der Waals surface area (Å²) in [5, 5.41) is 0. The maximum Gasteiger partial charge on any atom is 0.0139 e. The summed E-state index contributed by atoms with van der Waals surface area (Å²) in [6, 6.07) is 0.754. The highest BCUT2D eigenvalue weighted by Gasteiger charge is 2.34. The molecule has 0 radical (unpaired) electrons. The topological polar surface area (TPSA) is 35.7 Å². The van der Waals surface area contributed by atoms with Gasteiger partial charge in [-0.3, -0.25) is 9.80 Å². The fourth-order valence-corrected chi connectivity index (χ4v) is 4.05. The van der Waals surface area contributed by atoms with Crippen molar-refractivity contribution in [1.29, 1.82) is 0 Å². The summed E-state index contributed by atoms with van der Waals surface area (Å²) >= 11 is 0. The van der Waals surface area contributed by atoms with E-state index in [0.717, 1.165) is 24.4 Å². The smallest absolute Gasteiger partial charge is 0.0139 e. The molecule has 0 aromatic carbocycles. The number of nitrogens with two attached hydrogens (primary N) is 1. The maximum atomic E-state index is 6.05. The first-order valence-electron chi connectivity index (χ1n) is 8.95. The van der Waals surface area contributed by atoms with Gasteiger partial charge < -0.3 is 10.6 Å². The fourth-order valence-electron chi connectivity index (χ4n) is 4.05. The molecule has 1 aliphatic carbocycles. The molecule has 4 heteroatoms. The second-order valence-electron chi connectivity index (χ2n) is 7.33. The molecular formula is C17H36N4. The number of hydrogen-bond donors (Lipinski definition) is 1. The number of likely N-dealkylation sites (N-methyl/N-ethyl adjacent to an activating group) is 1. The standard InChI is InChI=1S/C17H36N4/c1-4-15-5-6-16(14-18)17(13-15)21-11-9-20(10-12-21)8-7-19(2)3/h15-17H,4-14,18H2,1-3H3. The monoisotopic (exact) mass is 296 g/mol. The minimum atomic E-state index is 0.737. The first-order chi connectivity index (χ1) is 10.1. The molecule has 2 aliphatic rings. The zero-order valence-electron chi connectivity index (χ0n) is 14.4. The van der Waals surface area contributed by atoms with Crippen LogP contribution in [0.4, 0.5) is 0 Å². The Morgan fingerprint density at radius 1 is 1.10 bits per heavy atom. The fraction of sp³-hybridized carbons (Fsp3) is 1.00. The minimum Gasteiger partial charge on any atom is -0.330 e. The molecule has 1 saturated carbocycles. The van der Waals surface area contributed by atoms with Gasteiger partial charge in [-0.1, -0.05) is 19.8 Å². The van der Waals surface area contributed by atoms with E-state index in [1.54, 1.807) is 0 Å². The minimum absolute atomic E-state index is 0.737. The average Bonchev–Trinajstić information content (AvgIpc) is 2.52. The summed E-state index contributed by atoms with van der Waals surface area (Å²) in [7, 11) is 4.32. The lowest BCUT2D eigenvalue weighted by atomic mass is 9.76. The van der Waals surface area contributed by atoms with Gasteiger partial charge in [-0.15, -0.1) is 0 Å². The van der Waals surface area contributed by atoms with Crippen LogP contribution in [0.1, 0.15) is 32.6 Å². The largest absolute Gasteiger partial charge is 0.330 e. The SMILES string of the molecule is CCC1CCC(CN)C(N2CCN(CCN(C)C)CC2)C1. The molecule has 0 aromatic rings. The molecule has 3 unspecified atom stereocenters. The van der Waals surface area contributed by atoms with Crippen LogP contribution in [0.3, 0.4) is 0 Å². The van der Waals surface area contributed by atoms with Crippen molar-refractivity contribution in [3.63, 3.8) is 0 Å². The molecule has 3 atom stereocenters. The average molecular weight is 297 g/mol. The molecule has 1 aliphatic heterocycles. The van der Waals surface area contributed by atoms with Crippen molar-refractivity contribution < 1.29 is 0 Å². The van der Waals surface area contributed by atoms with Gasteiger partial charge in [0.2, 0.25) is 0 Å². The van der Waals surface area contributed by atoms with Gasteiger partial charge in [-0.25, -0.2) is 0 Å². The molecule has 21 heavy (non-hydrogen) atoms. The second kappa shape index (κ2) is 8.47. The summed E-state index contributed by atoms with van der Waals surface area (Å²) < 4.78 is 0. The lowest BCUT2D eigenvalue weighted by Gasteiger charge is -2.46. The van der Waals surface area contributed by atoms with E-state index in [2.05, 4.69) is 35.7 Å². The van der Waals surface area contributed by atoms with Crippen molar-refractivity contribution in [2.75, 3.05) is 59.9 Å². The highest BCUT2D eigenvalue weighted by atomic mass is 15.3. The van der Waals surface area contributed by atoms with Gasteiger partial charge in [0, 0.05) is 45.3 Å². The Kier molecular flexibility index (Phi) is 6.93. The Morgan fingerprint density at radius 3 is 2.38 bits per heavy atom. The third-order valence-electron chi connectivity index (χ3n) is 5.68. The van der Waals surface area contributed by atoms with Gasteiger partial charge in [-0.2, -0.15) is 0 Å². The third-order valence-corrected chi connectivity index (χ3v) is 5.68. The summed E-state index contributed by atoms with van der Waals surface area (Å²) in [6.45, 7) is 10.6. The summed E-state index contributed by atoms with van der Waals surface area (Å²) in [4.78, 5) is 7.66. The highest BCUT2D eigenvalue weighted by molar-refractivity contribution is 4.89. The molecule has 0 spiro atoms. The molecule has 0 aromatic heterocycles. The molecule has 2 rings (SSSR count). The van der Waals surface area contributed by atoms with Crippen LogP contribution >= 0.6 is 0 Å². The van der Waals surface area contributed by atoms with Gasteiger partial charge in [0.25, 0.3) is 0 Å². The Morgan fingerprint density at radius 2 is 1.81 bits per heavy atom. The predicted molar refractivity (Wildman–Crippen MR) is 90.5 cm³/mol. The van der Waals surface area contributed by atoms with E-state index in [-0.39, 0.29) is 0 Å². The maximum absolute atomic E-state index is 6.05. The number of nitrogens with zero attached hydrogens (tertiary/aromatic N) is 3. The van der Waals surface area contributed by atoms with Gasteiger partial charge in [0.1, 0.15) is 0 Å². The Balaban J connectivity index is 1.81. The van der Waals surface area contributed by atoms with E-state index in [0.29, 0.717) is 0 Å². The van der Waals surface area contributed by atoms with Gasteiger partial charge in [0.15, 0.2) is 0 Å². The van der Waals surface area contributed by atoms with Crippen LogP contribution in [0.25, 0.3) is 0 Å².